The number of hydrogen-bond donors (Lipinski definition) is 1. The molecule has 1 N–H and O–H groups in total. The molecule has 0 amide bonds. The molecule has 1 aliphatic carbocycles. The van der Waals surface area contributed by atoms with E-state index >= 15 is 0 Å². The van der Waals surface area contributed by atoms with Crippen molar-refractivity contribution < 1.29 is 19.3 Å². The third-order valence-corrected chi connectivity index (χ3v) is 4.47. The van der Waals surface area contributed by atoms with Crippen LogP contribution in [0.3, 0.4) is 0 Å². The summed E-state index contributed by atoms with van der Waals surface area (Å²) in [5.74, 6) is -0.0855. The molecule has 92 valence electrons. The second-order valence-corrected chi connectivity index (χ2v) is 5.69. The van der Waals surface area contributed by atoms with Crippen molar-refractivity contribution in [3.05, 3.63) is 0 Å². The molecule has 0 aromatic rings. The second-order valence-electron chi connectivity index (χ2n) is 5.69. The smallest absolute Gasteiger partial charge is 0.163 e. The minimum absolute atomic E-state index is 0.151. The molecule has 2 bridgehead atoms. The van der Waals surface area contributed by atoms with Gasteiger partial charge in [-0.15, -0.1) is 0 Å². The van der Waals surface area contributed by atoms with E-state index in [0.29, 0.717) is 18.9 Å². The number of rotatable bonds is 2. The SMILES string of the molecule is CC1(C)OCC2(O1)C1CCC2(CCO)OC1. The Morgan fingerprint density at radius 3 is 2.62 bits per heavy atom. The average molecular weight is 228 g/mol. The van der Waals surface area contributed by atoms with E-state index in [1.165, 1.54) is 0 Å². The molecule has 3 aliphatic rings. The molecule has 0 radical (unpaired) electrons. The summed E-state index contributed by atoms with van der Waals surface area (Å²) in [5.41, 5.74) is -0.612. The fraction of sp³-hybridized carbons (Fsp3) is 1.00. The molecule has 2 saturated heterocycles. The normalized spacial score (nSPS) is 49.3. The van der Waals surface area contributed by atoms with Crippen LogP contribution in [0.25, 0.3) is 0 Å². The highest BCUT2D eigenvalue weighted by Gasteiger charge is 2.70. The average Bonchev–Trinajstić information content (AvgIpc) is 2.79. The van der Waals surface area contributed by atoms with Crippen LogP contribution in [0.5, 0.6) is 0 Å². The van der Waals surface area contributed by atoms with Gasteiger partial charge in [0.25, 0.3) is 0 Å². The van der Waals surface area contributed by atoms with E-state index in [0.717, 1.165) is 19.4 Å². The molecule has 3 atom stereocenters. The number of hydrogen-bond acceptors (Lipinski definition) is 4. The fourth-order valence-electron chi connectivity index (χ4n) is 3.69. The summed E-state index contributed by atoms with van der Waals surface area (Å²) in [6, 6.07) is 0. The van der Waals surface area contributed by atoms with Crippen LogP contribution in [0.15, 0.2) is 0 Å². The lowest BCUT2D eigenvalue weighted by molar-refractivity contribution is -0.195. The minimum atomic E-state index is -0.517. The molecule has 1 saturated carbocycles. The molecular weight excluding hydrogens is 208 g/mol. The summed E-state index contributed by atoms with van der Waals surface area (Å²) in [6.45, 7) is 5.40. The molecule has 2 heterocycles. The van der Waals surface area contributed by atoms with Crippen LogP contribution in [0.4, 0.5) is 0 Å². The Kier molecular flexibility index (Phi) is 2.19. The molecular formula is C12H20O4. The van der Waals surface area contributed by atoms with E-state index in [-0.39, 0.29) is 17.8 Å². The van der Waals surface area contributed by atoms with Gasteiger partial charge in [0.05, 0.1) is 13.2 Å². The summed E-state index contributed by atoms with van der Waals surface area (Å²) < 4.78 is 17.9. The van der Waals surface area contributed by atoms with E-state index in [4.69, 9.17) is 14.2 Å². The summed E-state index contributed by atoms with van der Waals surface area (Å²) in [4.78, 5) is 0. The Hall–Kier alpha value is -0.160. The zero-order chi connectivity index (χ0) is 11.4. The van der Waals surface area contributed by atoms with Crippen LogP contribution in [-0.4, -0.2) is 41.9 Å². The van der Waals surface area contributed by atoms with E-state index < -0.39 is 5.79 Å². The van der Waals surface area contributed by atoms with Crippen LogP contribution < -0.4 is 0 Å². The molecule has 1 spiro atoms. The Bertz CT molecular complexity index is 293. The minimum Gasteiger partial charge on any atom is -0.396 e. The molecule has 4 nitrogen and oxygen atoms in total. The zero-order valence-corrected chi connectivity index (χ0v) is 9.99. The van der Waals surface area contributed by atoms with E-state index in [1.807, 2.05) is 13.8 Å². The maximum atomic E-state index is 9.24. The van der Waals surface area contributed by atoms with Gasteiger partial charge in [-0.1, -0.05) is 0 Å². The van der Waals surface area contributed by atoms with Crippen LogP contribution >= 0.6 is 0 Å². The van der Waals surface area contributed by atoms with Crippen molar-refractivity contribution in [1.29, 1.82) is 0 Å². The molecule has 0 aromatic carbocycles. The van der Waals surface area contributed by atoms with Gasteiger partial charge >= 0.3 is 0 Å². The third kappa shape index (κ3) is 1.19. The van der Waals surface area contributed by atoms with Gasteiger partial charge in [0.1, 0.15) is 11.2 Å². The van der Waals surface area contributed by atoms with Crippen LogP contribution in [0.1, 0.15) is 33.1 Å². The topological polar surface area (TPSA) is 47.9 Å². The maximum Gasteiger partial charge on any atom is 0.163 e. The fourth-order valence-corrected chi connectivity index (χ4v) is 3.69. The summed E-state index contributed by atoms with van der Waals surface area (Å²) in [7, 11) is 0. The van der Waals surface area contributed by atoms with Crippen LogP contribution in [-0.2, 0) is 14.2 Å². The molecule has 3 unspecified atom stereocenters. The van der Waals surface area contributed by atoms with E-state index in [1.54, 1.807) is 0 Å². The lowest BCUT2D eigenvalue weighted by atomic mass is 9.82. The molecule has 3 rings (SSSR count). The van der Waals surface area contributed by atoms with Crippen molar-refractivity contribution in [2.75, 3.05) is 19.8 Å². The van der Waals surface area contributed by atoms with Gasteiger partial charge in [0.15, 0.2) is 5.79 Å². The predicted octanol–water partition coefficient (Wildman–Crippen LogP) is 1.07. The molecule has 4 heteroatoms. The highest BCUT2D eigenvalue weighted by Crippen LogP contribution is 2.59. The molecule has 0 aromatic heterocycles. The van der Waals surface area contributed by atoms with Gasteiger partial charge in [0, 0.05) is 18.9 Å². The molecule has 3 fully saturated rings. The molecule has 16 heavy (non-hydrogen) atoms. The van der Waals surface area contributed by atoms with Gasteiger partial charge in [-0.3, -0.25) is 0 Å². The van der Waals surface area contributed by atoms with Crippen molar-refractivity contribution in [3.63, 3.8) is 0 Å². The maximum absolute atomic E-state index is 9.24. The monoisotopic (exact) mass is 228 g/mol. The summed E-state index contributed by atoms with van der Waals surface area (Å²) in [6.07, 6.45) is 2.76. The standard InChI is InChI=1S/C12H20O4/c1-10(2)15-8-12(16-10)9-3-4-11(12,5-6-13)14-7-9/h9,13H,3-8H2,1-2H3. The highest BCUT2D eigenvalue weighted by molar-refractivity contribution is 5.17. The molecule has 2 aliphatic heterocycles. The predicted molar refractivity (Wildman–Crippen MR) is 57.0 cm³/mol. The summed E-state index contributed by atoms with van der Waals surface area (Å²) in [5, 5.41) is 9.24. The van der Waals surface area contributed by atoms with Gasteiger partial charge in [-0.2, -0.15) is 0 Å². The quantitative estimate of drug-likeness (QED) is 0.768. The Morgan fingerprint density at radius 2 is 2.12 bits per heavy atom. The van der Waals surface area contributed by atoms with Crippen molar-refractivity contribution in [2.45, 2.75) is 50.1 Å². The van der Waals surface area contributed by atoms with E-state index in [2.05, 4.69) is 0 Å². The first-order chi connectivity index (χ1) is 7.54. The summed E-state index contributed by atoms with van der Waals surface area (Å²) >= 11 is 0. The first kappa shape index (κ1) is 11.0. The van der Waals surface area contributed by atoms with Crippen LogP contribution in [0.2, 0.25) is 0 Å². The van der Waals surface area contributed by atoms with Crippen LogP contribution in [0, 0.1) is 5.92 Å². The van der Waals surface area contributed by atoms with Gasteiger partial charge in [0.2, 0.25) is 0 Å². The zero-order valence-electron chi connectivity index (χ0n) is 9.99. The number of aliphatic hydroxyl groups is 1. The van der Waals surface area contributed by atoms with Gasteiger partial charge in [-0.05, 0) is 26.7 Å². The Labute approximate surface area is 95.9 Å². The first-order valence-corrected chi connectivity index (χ1v) is 6.13. The Balaban J connectivity index is 1.94. The third-order valence-electron chi connectivity index (χ3n) is 4.47. The van der Waals surface area contributed by atoms with Crippen molar-refractivity contribution in [3.8, 4) is 0 Å². The first-order valence-electron chi connectivity index (χ1n) is 6.13. The number of ether oxygens (including phenoxy) is 3. The van der Waals surface area contributed by atoms with Crippen molar-refractivity contribution in [2.24, 2.45) is 5.92 Å². The van der Waals surface area contributed by atoms with Crippen molar-refractivity contribution in [1.82, 2.24) is 0 Å². The number of aliphatic hydroxyl groups excluding tert-OH is 1. The highest BCUT2D eigenvalue weighted by atomic mass is 16.8. The Morgan fingerprint density at radius 1 is 1.31 bits per heavy atom. The second kappa shape index (κ2) is 3.19. The van der Waals surface area contributed by atoms with Gasteiger partial charge in [-0.25, -0.2) is 0 Å². The largest absolute Gasteiger partial charge is 0.396 e. The van der Waals surface area contributed by atoms with Crippen molar-refractivity contribution >= 4 is 0 Å². The van der Waals surface area contributed by atoms with E-state index in [9.17, 15) is 5.11 Å². The lowest BCUT2D eigenvalue weighted by Crippen LogP contribution is -2.52. The lowest BCUT2D eigenvalue weighted by Gasteiger charge is -2.37. The van der Waals surface area contributed by atoms with Gasteiger partial charge < -0.3 is 19.3 Å².